The van der Waals surface area contributed by atoms with Gasteiger partial charge in [0, 0.05) is 15.6 Å². The molecule has 0 saturated heterocycles. The predicted molar refractivity (Wildman–Crippen MR) is 138 cm³/mol. The first-order valence-corrected chi connectivity index (χ1v) is 11.8. The highest BCUT2D eigenvalue weighted by Crippen LogP contribution is 2.26. The summed E-state index contributed by atoms with van der Waals surface area (Å²) in [6.45, 7) is 5.57. The molecule has 2 heterocycles. The van der Waals surface area contributed by atoms with Gasteiger partial charge in [-0.2, -0.15) is 5.10 Å². The molecule has 5 rings (SSSR count). The van der Waals surface area contributed by atoms with Gasteiger partial charge in [-0.3, -0.25) is 9.59 Å². The Morgan fingerprint density at radius 3 is 2.56 bits per heavy atom. The van der Waals surface area contributed by atoms with Crippen LogP contribution < -0.4 is 10.9 Å². The molecule has 7 heteroatoms. The second kappa shape index (κ2) is 8.57. The van der Waals surface area contributed by atoms with E-state index in [1.807, 2.05) is 74.5 Å². The normalized spacial score (nSPS) is 12.2. The number of carbonyl (C=O) groups excluding carboxylic acids is 1. The molecule has 0 aliphatic heterocycles. The van der Waals surface area contributed by atoms with Crippen LogP contribution in [0.5, 0.6) is 0 Å². The molecule has 5 aromatic rings. The van der Waals surface area contributed by atoms with Crippen molar-refractivity contribution in [2.24, 2.45) is 0 Å². The summed E-state index contributed by atoms with van der Waals surface area (Å²) in [4.78, 5) is 29.2. The van der Waals surface area contributed by atoms with Crippen molar-refractivity contribution in [1.29, 1.82) is 0 Å². The van der Waals surface area contributed by atoms with Gasteiger partial charge in [-0.25, -0.2) is 4.52 Å². The van der Waals surface area contributed by atoms with Gasteiger partial charge in [0.25, 0.3) is 11.5 Å². The molecule has 1 amide bonds. The number of nitrogens with one attached hydrogen (secondary N) is 2. The molecule has 3 aromatic carbocycles. The second-order valence-corrected chi connectivity index (χ2v) is 9.38. The highest BCUT2D eigenvalue weighted by Gasteiger charge is 2.22. The average molecular weight is 515 g/mol. The van der Waals surface area contributed by atoms with Crippen LogP contribution in [-0.4, -0.2) is 20.5 Å². The Kier molecular flexibility index (Phi) is 5.57. The monoisotopic (exact) mass is 514 g/mol. The molecule has 2 N–H and O–H groups in total. The van der Waals surface area contributed by atoms with Crippen LogP contribution in [0.15, 0.2) is 76.0 Å². The number of nitrogens with zero attached hydrogens (tertiary/aromatic N) is 2. The number of aromatic amines is 1. The Bertz CT molecular complexity index is 1630. The number of fused-ring (bicyclic) bond motifs is 2. The van der Waals surface area contributed by atoms with Crippen molar-refractivity contribution in [1.82, 2.24) is 19.9 Å². The minimum Gasteiger partial charge on any atom is -0.344 e. The molecular formula is C27H23BrN4O2. The standard InChI is InChI=1S/C27H23BrN4O2/c1-15-23(26(33)29-16(2)19-9-6-10-22(28)14-19)31-32-17(3)24(30-27(34)25(15)32)21-12-11-18-7-4-5-8-20(18)13-21/h4-14,16H,1-3H3,(H,29,33)(H,30,34). The molecule has 170 valence electrons. The van der Waals surface area contributed by atoms with E-state index in [4.69, 9.17) is 0 Å². The molecule has 0 spiro atoms. The SMILES string of the molecule is Cc1c(C(=O)NC(C)c2cccc(Br)c2)nn2c(C)c(-c3ccc4ccccc4c3)[nH]c(=O)c12. The Labute approximate surface area is 204 Å². The summed E-state index contributed by atoms with van der Waals surface area (Å²) in [5.74, 6) is -0.320. The van der Waals surface area contributed by atoms with Gasteiger partial charge >= 0.3 is 0 Å². The Hall–Kier alpha value is -3.71. The van der Waals surface area contributed by atoms with Crippen molar-refractivity contribution in [2.75, 3.05) is 0 Å². The summed E-state index contributed by atoms with van der Waals surface area (Å²) < 4.78 is 2.52. The number of benzene rings is 3. The number of carbonyl (C=O) groups is 1. The highest BCUT2D eigenvalue weighted by atomic mass is 79.9. The fourth-order valence-electron chi connectivity index (χ4n) is 4.34. The van der Waals surface area contributed by atoms with E-state index < -0.39 is 0 Å². The van der Waals surface area contributed by atoms with Gasteiger partial charge in [0.2, 0.25) is 0 Å². The van der Waals surface area contributed by atoms with E-state index in [-0.39, 0.29) is 23.2 Å². The van der Waals surface area contributed by atoms with E-state index in [0.717, 1.165) is 32.1 Å². The Morgan fingerprint density at radius 1 is 1.03 bits per heavy atom. The number of hydrogen-bond acceptors (Lipinski definition) is 3. The summed E-state index contributed by atoms with van der Waals surface area (Å²) in [6, 6.07) is 21.7. The zero-order chi connectivity index (χ0) is 24.0. The maximum atomic E-state index is 13.1. The molecule has 0 bridgehead atoms. The van der Waals surface area contributed by atoms with E-state index in [2.05, 4.69) is 37.4 Å². The van der Waals surface area contributed by atoms with Crippen LogP contribution in [0, 0.1) is 13.8 Å². The lowest BCUT2D eigenvalue weighted by atomic mass is 10.0. The van der Waals surface area contributed by atoms with Gasteiger partial charge in [-0.1, -0.05) is 64.5 Å². The second-order valence-electron chi connectivity index (χ2n) is 8.46. The molecule has 6 nitrogen and oxygen atoms in total. The van der Waals surface area contributed by atoms with Crippen LogP contribution in [0.1, 0.15) is 40.3 Å². The molecular weight excluding hydrogens is 492 g/mol. The van der Waals surface area contributed by atoms with E-state index in [1.54, 1.807) is 11.4 Å². The molecule has 0 radical (unpaired) electrons. The van der Waals surface area contributed by atoms with Crippen molar-refractivity contribution in [3.8, 4) is 11.3 Å². The van der Waals surface area contributed by atoms with Crippen molar-refractivity contribution in [2.45, 2.75) is 26.8 Å². The first-order valence-electron chi connectivity index (χ1n) is 11.0. The van der Waals surface area contributed by atoms with Crippen molar-refractivity contribution in [3.63, 3.8) is 0 Å². The third-order valence-electron chi connectivity index (χ3n) is 6.20. The van der Waals surface area contributed by atoms with E-state index in [0.29, 0.717) is 16.8 Å². The van der Waals surface area contributed by atoms with Crippen LogP contribution in [0.4, 0.5) is 0 Å². The summed E-state index contributed by atoms with van der Waals surface area (Å²) in [7, 11) is 0. The van der Waals surface area contributed by atoms with Gasteiger partial charge in [0.05, 0.1) is 17.4 Å². The van der Waals surface area contributed by atoms with Crippen molar-refractivity contribution >= 4 is 38.1 Å². The zero-order valence-corrected chi connectivity index (χ0v) is 20.6. The van der Waals surface area contributed by atoms with Crippen LogP contribution >= 0.6 is 15.9 Å². The summed E-state index contributed by atoms with van der Waals surface area (Å²) in [5, 5.41) is 9.77. The number of H-pyrrole nitrogens is 1. The number of rotatable bonds is 4. The third kappa shape index (κ3) is 3.82. The highest BCUT2D eigenvalue weighted by molar-refractivity contribution is 9.10. The van der Waals surface area contributed by atoms with Gasteiger partial charge in [-0.15, -0.1) is 0 Å². The van der Waals surface area contributed by atoms with Crippen molar-refractivity contribution in [3.05, 3.63) is 104 Å². The first-order chi connectivity index (χ1) is 16.3. The van der Waals surface area contributed by atoms with Gasteiger partial charge in [-0.05, 0) is 55.3 Å². The zero-order valence-electron chi connectivity index (χ0n) is 19.0. The Balaban J connectivity index is 1.55. The maximum absolute atomic E-state index is 13.1. The van der Waals surface area contributed by atoms with Gasteiger partial charge in [0.15, 0.2) is 5.69 Å². The maximum Gasteiger partial charge on any atom is 0.274 e. The molecule has 1 atom stereocenters. The molecule has 2 aromatic heterocycles. The molecule has 34 heavy (non-hydrogen) atoms. The van der Waals surface area contributed by atoms with Crippen LogP contribution in [0.25, 0.3) is 27.5 Å². The molecule has 0 saturated carbocycles. The van der Waals surface area contributed by atoms with Crippen LogP contribution in [0.3, 0.4) is 0 Å². The van der Waals surface area contributed by atoms with E-state index in [9.17, 15) is 9.59 Å². The predicted octanol–water partition coefficient (Wildman–Crippen LogP) is 5.71. The van der Waals surface area contributed by atoms with E-state index in [1.165, 1.54) is 0 Å². The number of aromatic nitrogens is 3. The molecule has 0 fully saturated rings. The van der Waals surface area contributed by atoms with E-state index >= 15 is 0 Å². The smallest absolute Gasteiger partial charge is 0.274 e. The first kappa shape index (κ1) is 22.1. The number of hydrogen-bond donors (Lipinski definition) is 2. The fourth-order valence-corrected chi connectivity index (χ4v) is 4.76. The van der Waals surface area contributed by atoms with Gasteiger partial charge in [0.1, 0.15) is 5.52 Å². The van der Waals surface area contributed by atoms with Crippen LogP contribution in [-0.2, 0) is 0 Å². The summed E-state index contributed by atoms with van der Waals surface area (Å²) in [5.41, 5.74) is 4.18. The van der Waals surface area contributed by atoms with Gasteiger partial charge < -0.3 is 10.3 Å². The minimum atomic E-state index is -0.320. The van der Waals surface area contributed by atoms with Crippen molar-refractivity contribution < 1.29 is 4.79 Å². The number of halogens is 1. The average Bonchev–Trinajstić information content (AvgIpc) is 3.19. The Morgan fingerprint density at radius 2 is 1.79 bits per heavy atom. The lowest BCUT2D eigenvalue weighted by Gasteiger charge is -2.14. The van der Waals surface area contributed by atoms with Crippen LogP contribution in [0.2, 0.25) is 0 Å². The number of aryl methyl sites for hydroxylation is 2. The largest absolute Gasteiger partial charge is 0.344 e. The topological polar surface area (TPSA) is 79.3 Å². The quantitative estimate of drug-likeness (QED) is 0.322. The molecule has 1 unspecified atom stereocenters. The molecule has 0 aliphatic rings. The lowest BCUT2D eigenvalue weighted by Crippen LogP contribution is -2.27. The minimum absolute atomic E-state index is 0.221. The summed E-state index contributed by atoms with van der Waals surface area (Å²) >= 11 is 3.47. The summed E-state index contributed by atoms with van der Waals surface area (Å²) in [6.07, 6.45) is 0. The number of amides is 1. The fraction of sp³-hybridized carbons (Fsp3) is 0.148. The molecule has 0 aliphatic carbocycles. The third-order valence-corrected chi connectivity index (χ3v) is 6.70. The lowest BCUT2D eigenvalue weighted by molar-refractivity contribution is 0.0934.